The first-order valence-corrected chi connectivity index (χ1v) is 7.02. The highest BCUT2D eigenvalue weighted by molar-refractivity contribution is 6.33. The van der Waals surface area contributed by atoms with Crippen molar-refractivity contribution >= 4 is 29.4 Å². The Morgan fingerprint density at radius 2 is 2.00 bits per heavy atom. The van der Waals surface area contributed by atoms with Gasteiger partial charge in [0.15, 0.2) is 0 Å². The van der Waals surface area contributed by atoms with E-state index in [9.17, 15) is 9.59 Å². The number of carboxylic acid groups (broad SMARTS) is 1. The van der Waals surface area contributed by atoms with Gasteiger partial charge in [-0.2, -0.15) is 0 Å². The average molecular weight is 329 g/mol. The van der Waals surface area contributed by atoms with Gasteiger partial charge in [0.2, 0.25) is 0 Å². The van der Waals surface area contributed by atoms with Gasteiger partial charge in [-0.05, 0) is 6.07 Å². The first-order valence-electron chi connectivity index (χ1n) is 6.64. The van der Waals surface area contributed by atoms with E-state index in [2.05, 4.69) is 4.98 Å². The zero-order valence-corrected chi connectivity index (χ0v) is 13.1. The molecule has 1 aliphatic rings. The molecule has 1 aromatic heterocycles. The fourth-order valence-electron chi connectivity index (χ4n) is 2.15. The lowest BCUT2D eigenvalue weighted by molar-refractivity contribution is -0.0757. The number of nitrogens with zero attached hydrogens (tertiary/aromatic N) is 4. The number of rotatable bonds is 3. The summed E-state index contributed by atoms with van der Waals surface area (Å²) in [5, 5.41) is 10.4. The fraction of sp³-hybridized carbons (Fsp3) is 0.462. The molecule has 0 saturated carbocycles. The second kappa shape index (κ2) is 6.80. The van der Waals surface area contributed by atoms with Crippen LogP contribution in [0.4, 0.5) is 10.6 Å². The number of carbonyl (C=O) groups excluding carboxylic acids is 1. The van der Waals surface area contributed by atoms with E-state index in [0.717, 1.165) is 5.06 Å². The number of aromatic nitrogens is 1. The summed E-state index contributed by atoms with van der Waals surface area (Å²) < 4.78 is 0. The third-order valence-corrected chi connectivity index (χ3v) is 3.76. The third kappa shape index (κ3) is 3.40. The van der Waals surface area contributed by atoms with Crippen LogP contribution in [0.25, 0.3) is 0 Å². The van der Waals surface area contributed by atoms with Gasteiger partial charge in [0.1, 0.15) is 5.82 Å². The minimum Gasteiger partial charge on any atom is -0.465 e. The molecule has 0 atom stereocenters. The Kier molecular flexibility index (Phi) is 5.04. The predicted octanol–water partition coefficient (Wildman–Crippen LogP) is 1.17. The Labute approximate surface area is 132 Å². The van der Waals surface area contributed by atoms with E-state index < -0.39 is 6.09 Å². The smallest absolute Gasteiger partial charge is 0.407 e. The second-order valence-corrected chi connectivity index (χ2v) is 5.18. The molecule has 0 radical (unpaired) electrons. The molecule has 2 amide bonds. The number of halogens is 1. The van der Waals surface area contributed by atoms with E-state index >= 15 is 0 Å². The highest BCUT2D eigenvalue weighted by atomic mass is 35.5. The topological polar surface area (TPSA) is 86.2 Å². The van der Waals surface area contributed by atoms with Crippen molar-refractivity contribution in [2.24, 2.45) is 0 Å². The first-order chi connectivity index (χ1) is 10.4. The lowest BCUT2D eigenvalue weighted by Crippen LogP contribution is -2.48. The van der Waals surface area contributed by atoms with Crippen LogP contribution in [0.5, 0.6) is 0 Å². The van der Waals surface area contributed by atoms with Crippen LogP contribution in [0.3, 0.4) is 0 Å². The number of hydrogen-bond acceptors (Lipinski definition) is 5. The molecule has 0 bridgehead atoms. The summed E-state index contributed by atoms with van der Waals surface area (Å²) >= 11 is 6.21. The van der Waals surface area contributed by atoms with Crippen LogP contribution in [0.2, 0.25) is 5.02 Å². The molecule has 1 aliphatic heterocycles. The SMILES string of the molecule is CON(C)C(=O)c1cnc(N2CCN(C(=O)O)CC2)c(Cl)c1. The Bertz CT molecular complexity index is 575. The van der Waals surface area contributed by atoms with Gasteiger partial charge in [-0.25, -0.2) is 14.8 Å². The molecule has 1 aromatic rings. The van der Waals surface area contributed by atoms with Crippen molar-refractivity contribution in [1.29, 1.82) is 0 Å². The zero-order chi connectivity index (χ0) is 16.3. The largest absolute Gasteiger partial charge is 0.465 e. The van der Waals surface area contributed by atoms with Crippen molar-refractivity contribution < 1.29 is 19.5 Å². The summed E-state index contributed by atoms with van der Waals surface area (Å²) in [6.07, 6.45) is 0.505. The molecule has 2 rings (SSSR count). The molecule has 1 N–H and O–H groups in total. The number of pyridine rings is 1. The average Bonchev–Trinajstić information content (AvgIpc) is 2.53. The molecular formula is C13H17ClN4O4. The van der Waals surface area contributed by atoms with Crippen molar-refractivity contribution in [2.45, 2.75) is 0 Å². The van der Waals surface area contributed by atoms with Gasteiger partial charge in [0.25, 0.3) is 5.91 Å². The van der Waals surface area contributed by atoms with Gasteiger partial charge >= 0.3 is 6.09 Å². The number of hydroxylamine groups is 2. The van der Waals surface area contributed by atoms with Gasteiger partial charge < -0.3 is 14.9 Å². The normalized spacial score (nSPS) is 14.9. The van der Waals surface area contributed by atoms with Crippen LogP contribution in [0, 0.1) is 0 Å². The number of hydrogen-bond donors (Lipinski definition) is 1. The van der Waals surface area contributed by atoms with Crippen LogP contribution >= 0.6 is 11.6 Å². The fourth-order valence-corrected chi connectivity index (χ4v) is 2.44. The first kappa shape index (κ1) is 16.3. The van der Waals surface area contributed by atoms with Crippen molar-refractivity contribution in [1.82, 2.24) is 14.9 Å². The quantitative estimate of drug-likeness (QED) is 0.838. The van der Waals surface area contributed by atoms with Gasteiger partial charge in [-0.3, -0.25) is 9.63 Å². The lowest BCUT2D eigenvalue weighted by Gasteiger charge is -2.34. The van der Waals surface area contributed by atoms with Crippen LogP contribution in [0.1, 0.15) is 10.4 Å². The number of amides is 2. The molecule has 0 aliphatic carbocycles. The second-order valence-electron chi connectivity index (χ2n) is 4.77. The van der Waals surface area contributed by atoms with Crippen molar-refractivity contribution in [3.63, 3.8) is 0 Å². The van der Waals surface area contributed by atoms with Crippen molar-refractivity contribution in [2.75, 3.05) is 45.2 Å². The van der Waals surface area contributed by atoms with Gasteiger partial charge in [0.05, 0.1) is 17.7 Å². The van der Waals surface area contributed by atoms with Gasteiger partial charge in [0, 0.05) is 39.4 Å². The van der Waals surface area contributed by atoms with E-state index in [1.54, 1.807) is 0 Å². The van der Waals surface area contributed by atoms with E-state index in [4.69, 9.17) is 21.5 Å². The minimum atomic E-state index is -0.928. The maximum atomic E-state index is 12.0. The van der Waals surface area contributed by atoms with E-state index in [1.807, 2.05) is 4.90 Å². The van der Waals surface area contributed by atoms with Crippen LogP contribution in [0.15, 0.2) is 12.3 Å². The minimum absolute atomic E-state index is 0.322. The summed E-state index contributed by atoms with van der Waals surface area (Å²) in [6, 6.07) is 1.53. The van der Waals surface area contributed by atoms with E-state index in [-0.39, 0.29) is 5.91 Å². The summed E-state index contributed by atoms with van der Waals surface area (Å²) in [5.74, 6) is 0.197. The van der Waals surface area contributed by atoms with Crippen molar-refractivity contribution in [3.8, 4) is 0 Å². The zero-order valence-electron chi connectivity index (χ0n) is 12.3. The van der Waals surface area contributed by atoms with Gasteiger partial charge in [-0.1, -0.05) is 11.6 Å². The molecule has 0 spiro atoms. The van der Waals surface area contributed by atoms with Crippen LogP contribution in [-0.4, -0.2) is 72.4 Å². The number of piperazine rings is 1. The maximum Gasteiger partial charge on any atom is 0.407 e. The van der Waals surface area contributed by atoms with Crippen molar-refractivity contribution in [3.05, 3.63) is 22.8 Å². The summed E-state index contributed by atoms with van der Waals surface area (Å²) in [6.45, 7) is 1.79. The standard InChI is InChI=1S/C13H17ClN4O4/c1-16(22-2)12(19)9-7-10(14)11(15-8-9)17-3-5-18(6-4-17)13(20)21/h7-8H,3-6H2,1-2H3,(H,20,21). The molecule has 8 nitrogen and oxygen atoms in total. The van der Waals surface area contributed by atoms with E-state index in [1.165, 1.54) is 31.3 Å². The summed E-state index contributed by atoms with van der Waals surface area (Å²) in [5.41, 5.74) is 0.322. The molecule has 2 heterocycles. The van der Waals surface area contributed by atoms with Crippen LogP contribution < -0.4 is 4.90 Å². The number of anilines is 1. The highest BCUT2D eigenvalue weighted by Crippen LogP contribution is 2.25. The van der Waals surface area contributed by atoms with E-state index in [0.29, 0.717) is 42.6 Å². The third-order valence-electron chi connectivity index (χ3n) is 3.48. The summed E-state index contributed by atoms with van der Waals surface area (Å²) in [4.78, 5) is 35.1. The number of carbonyl (C=O) groups is 2. The molecular weight excluding hydrogens is 312 g/mol. The summed E-state index contributed by atoms with van der Waals surface area (Å²) in [7, 11) is 2.89. The Hall–Kier alpha value is -2.06. The molecule has 0 unspecified atom stereocenters. The van der Waals surface area contributed by atoms with Crippen LogP contribution in [-0.2, 0) is 4.84 Å². The Morgan fingerprint density at radius 3 is 2.50 bits per heavy atom. The molecule has 120 valence electrons. The Morgan fingerprint density at radius 1 is 1.36 bits per heavy atom. The molecule has 22 heavy (non-hydrogen) atoms. The molecule has 1 saturated heterocycles. The molecule has 1 fully saturated rings. The highest BCUT2D eigenvalue weighted by Gasteiger charge is 2.23. The molecule has 0 aromatic carbocycles. The van der Waals surface area contributed by atoms with Gasteiger partial charge in [-0.15, -0.1) is 0 Å². The lowest BCUT2D eigenvalue weighted by atomic mass is 10.2. The predicted molar refractivity (Wildman–Crippen MR) is 80.2 cm³/mol. The maximum absolute atomic E-state index is 12.0. The monoisotopic (exact) mass is 328 g/mol. The molecule has 9 heteroatoms. The Balaban J connectivity index is 2.11.